The van der Waals surface area contributed by atoms with E-state index in [1.54, 1.807) is 0 Å². The zero-order valence-corrected chi connectivity index (χ0v) is 11.7. The topological polar surface area (TPSA) is 47.0 Å². The Hall–Kier alpha value is -2.10. The number of hydrogen-bond acceptors (Lipinski definition) is 4. The Morgan fingerprint density at radius 3 is 2.95 bits per heavy atom. The number of aromatic nitrogens is 2. The summed E-state index contributed by atoms with van der Waals surface area (Å²) in [4.78, 5) is 8.34. The van der Waals surface area contributed by atoms with Gasteiger partial charge < -0.3 is 10.1 Å². The van der Waals surface area contributed by atoms with Gasteiger partial charge in [0.2, 0.25) is 5.88 Å². The van der Waals surface area contributed by atoms with Crippen LogP contribution in [0.3, 0.4) is 0 Å². The summed E-state index contributed by atoms with van der Waals surface area (Å²) in [6.45, 7) is 3.02. The van der Waals surface area contributed by atoms with Gasteiger partial charge in [-0.15, -0.1) is 0 Å². The van der Waals surface area contributed by atoms with Crippen LogP contribution in [0.25, 0.3) is 0 Å². The van der Waals surface area contributed by atoms with Gasteiger partial charge in [-0.3, -0.25) is 0 Å². The second-order valence-corrected chi connectivity index (χ2v) is 5.05. The number of aryl methyl sites for hydroxylation is 2. The van der Waals surface area contributed by atoms with Gasteiger partial charge in [0, 0.05) is 12.6 Å². The van der Waals surface area contributed by atoms with Crippen LogP contribution in [0.15, 0.2) is 30.6 Å². The molecule has 104 valence electrons. The zero-order valence-electron chi connectivity index (χ0n) is 11.7. The molecule has 0 fully saturated rings. The summed E-state index contributed by atoms with van der Waals surface area (Å²) >= 11 is 0. The Morgan fingerprint density at radius 1 is 1.15 bits per heavy atom. The predicted molar refractivity (Wildman–Crippen MR) is 79.4 cm³/mol. The molecule has 1 aliphatic rings. The van der Waals surface area contributed by atoms with Gasteiger partial charge in [-0.1, -0.05) is 13.0 Å². The number of rotatable bonds is 5. The van der Waals surface area contributed by atoms with Gasteiger partial charge in [-0.05, 0) is 48.9 Å². The fourth-order valence-corrected chi connectivity index (χ4v) is 2.48. The van der Waals surface area contributed by atoms with Crippen LogP contribution < -0.4 is 10.1 Å². The molecular formula is C16H19N3O. The van der Waals surface area contributed by atoms with Gasteiger partial charge in [-0.2, -0.15) is 0 Å². The first kappa shape index (κ1) is 12.9. The molecule has 4 heteroatoms. The Bertz CT molecular complexity index is 598. The molecule has 0 radical (unpaired) electrons. The summed E-state index contributed by atoms with van der Waals surface area (Å²) in [5.74, 6) is 2.24. The molecule has 0 bridgehead atoms. The molecule has 1 aliphatic carbocycles. The smallest absolute Gasteiger partial charge is 0.224 e. The van der Waals surface area contributed by atoms with Gasteiger partial charge in [0.25, 0.3) is 0 Å². The maximum absolute atomic E-state index is 5.83. The maximum Gasteiger partial charge on any atom is 0.224 e. The van der Waals surface area contributed by atoms with Crippen LogP contribution in [0.2, 0.25) is 0 Å². The number of fused-ring (bicyclic) bond motifs is 1. The number of nitrogens with zero attached hydrogens (tertiary/aromatic N) is 2. The van der Waals surface area contributed by atoms with Crippen molar-refractivity contribution in [2.45, 2.75) is 32.6 Å². The number of anilines is 1. The molecule has 0 amide bonds. The van der Waals surface area contributed by atoms with Gasteiger partial charge in [0.05, 0.1) is 0 Å². The van der Waals surface area contributed by atoms with Gasteiger partial charge in [0.15, 0.2) is 0 Å². The van der Waals surface area contributed by atoms with Crippen molar-refractivity contribution in [3.63, 3.8) is 0 Å². The fourth-order valence-electron chi connectivity index (χ4n) is 2.48. The van der Waals surface area contributed by atoms with Crippen molar-refractivity contribution < 1.29 is 4.74 Å². The molecule has 1 heterocycles. The molecule has 1 aromatic carbocycles. The molecule has 0 saturated heterocycles. The van der Waals surface area contributed by atoms with Crippen LogP contribution in [-0.4, -0.2) is 16.5 Å². The highest BCUT2D eigenvalue weighted by molar-refractivity contribution is 5.42. The lowest BCUT2D eigenvalue weighted by atomic mass is 10.1. The summed E-state index contributed by atoms with van der Waals surface area (Å²) in [6.07, 6.45) is 6.18. The zero-order chi connectivity index (χ0) is 13.8. The van der Waals surface area contributed by atoms with Crippen LogP contribution in [-0.2, 0) is 12.8 Å². The lowest BCUT2D eigenvalue weighted by Gasteiger charge is -2.08. The van der Waals surface area contributed by atoms with Crippen molar-refractivity contribution in [3.8, 4) is 11.6 Å². The molecule has 0 saturated carbocycles. The quantitative estimate of drug-likeness (QED) is 0.901. The first-order valence-electron chi connectivity index (χ1n) is 7.21. The molecule has 0 unspecified atom stereocenters. The summed E-state index contributed by atoms with van der Waals surface area (Å²) in [5, 5.41) is 3.23. The van der Waals surface area contributed by atoms with Gasteiger partial charge in [-0.25, -0.2) is 9.97 Å². The van der Waals surface area contributed by atoms with E-state index >= 15 is 0 Å². The molecule has 3 rings (SSSR count). The number of benzene rings is 1. The Kier molecular flexibility index (Phi) is 3.81. The summed E-state index contributed by atoms with van der Waals surface area (Å²) < 4.78 is 5.83. The van der Waals surface area contributed by atoms with Crippen molar-refractivity contribution in [1.82, 2.24) is 9.97 Å². The van der Waals surface area contributed by atoms with Crippen molar-refractivity contribution in [3.05, 3.63) is 41.7 Å². The van der Waals surface area contributed by atoms with Crippen LogP contribution in [0, 0.1) is 0 Å². The first-order chi connectivity index (χ1) is 9.85. The van der Waals surface area contributed by atoms with E-state index in [-0.39, 0.29) is 0 Å². The fraction of sp³-hybridized carbons (Fsp3) is 0.375. The van der Waals surface area contributed by atoms with Crippen molar-refractivity contribution in [2.24, 2.45) is 0 Å². The van der Waals surface area contributed by atoms with E-state index in [9.17, 15) is 0 Å². The molecule has 2 aromatic rings. The van der Waals surface area contributed by atoms with Gasteiger partial charge in [0.1, 0.15) is 17.9 Å². The van der Waals surface area contributed by atoms with E-state index < -0.39 is 0 Å². The normalized spacial score (nSPS) is 13.1. The molecule has 1 aromatic heterocycles. The minimum absolute atomic E-state index is 0.580. The standard InChI is InChI=1S/C16H19N3O/c1-2-8-17-15-10-16(19-11-18-15)20-14-7-6-12-4-3-5-13(12)9-14/h6-7,9-11H,2-5,8H2,1H3,(H,17,18,19). The lowest BCUT2D eigenvalue weighted by molar-refractivity contribution is 0.461. The number of hydrogen-bond donors (Lipinski definition) is 1. The Labute approximate surface area is 119 Å². The molecule has 20 heavy (non-hydrogen) atoms. The Morgan fingerprint density at radius 2 is 2.05 bits per heavy atom. The van der Waals surface area contributed by atoms with Crippen molar-refractivity contribution in [2.75, 3.05) is 11.9 Å². The summed E-state index contributed by atoms with van der Waals surface area (Å²) in [5.41, 5.74) is 2.85. The van der Waals surface area contributed by atoms with Crippen molar-refractivity contribution >= 4 is 5.82 Å². The number of ether oxygens (including phenoxy) is 1. The van der Waals surface area contributed by atoms with E-state index in [1.165, 1.54) is 30.3 Å². The third-order valence-electron chi connectivity index (χ3n) is 3.49. The third kappa shape index (κ3) is 2.90. The Balaban J connectivity index is 1.74. The van der Waals surface area contributed by atoms with Gasteiger partial charge >= 0.3 is 0 Å². The SMILES string of the molecule is CCCNc1cc(Oc2ccc3c(c2)CCC3)ncn1. The predicted octanol–water partition coefficient (Wildman–Crippen LogP) is 3.58. The highest BCUT2D eigenvalue weighted by atomic mass is 16.5. The van der Waals surface area contributed by atoms with Crippen LogP contribution >= 0.6 is 0 Å². The largest absolute Gasteiger partial charge is 0.439 e. The molecule has 0 atom stereocenters. The van der Waals surface area contributed by atoms with E-state index in [2.05, 4.69) is 34.3 Å². The second-order valence-electron chi connectivity index (χ2n) is 5.05. The minimum Gasteiger partial charge on any atom is -0.439 e. The average Bonchev–Trinajstić information content (AvgIpc) is 2.93. The van der Waals surface area contributed by atoms with E-state index in [1.807, 2.05) is 12.1 Å². The van der Waals surface area contributed by atoms with Crippen LogP contribution in [0.4, 0.5) is 5.82 Å². The van der Waals surface area contributed by atoms with Crippen LogP contribution in [0.5, 0.6) is 11.6 Å². The summed E-state index contributed by atoms with van der Waals surface area (Å²) in [7, 11) is 0. The van der Waals surface area contributed by atoms with E-state index in [4.69, 9.17) is 4.74 Å². The minimum atomic E-state index is 0.580. The van der Waals surface area contributed by atoms with Crippen molar-refractivity contribution in [1.29, 1.82) is 0 Å². The monoisotopic (exact) mass is 269 g/mol. The highest BCUT2D eigenvalue weighted by Gasteiger charge is 2.11. The first-order valence-corrected chi connectivity index (χ1v) is 7.21. The molecule has 4 nitrogen and oxygen atoms in total. The van der Waals surface area contributed by atoms with E-state index in [0.29, 0.717) is 5.88 Å². The lowest BCUT2D eigenvalue weighted by Crippen LogP contribution is -2.02. The van der Waals surface area contributed by atoms with Crippen LogP contribution in [0.1, 0.15) is 30.9 Å². The third-order valence-corrected chi connectivity index (χ3v) is 3.49. The second kappa shape index (κ2) is 5.90. The molecule has 1 N–H and O–H groups in total. The molecular weight excluding hydrogens is 250 g/mol. The summed E-state index contributed by atoms with van der Waals surface area (Å²) in [6, 6.07) is 8.15. The maximum atomic E-state index is 5.83. The molecule has 0 spiro atoms. The molecule has 0 aliphatic heterocycles. The highest BCUT2D eigenvalue weighted by Crippen LogP contribution is 2.28. The van der Waals surface area contributed by atoms with E-state index in [0.717, 1.165) is 31.0 Å². The average molecular weight is 269 g/mol. The number of nitrogens with one attached hydrogen (secondary N) is 1.